The van der Waals surface area contributed by atoms with Gasteiger partial charge in [-0.1, -0.05) is 72.1 Å². The van der Waals surface area contributed by atoms with Crippen LogP contribution in [0.4, 0.5) is 0 Å². The quantitative estimate of drug-likeness (QED) is 0.383. The van der Waals surface area contributed by atoms with Crippen LogP contribution >= 0.6 is 9.24 Å². The first kappa shape index (κ1) is 21.9. The molecule has 0 aliphatic heterocycles. The van der Waals surface area contributed by atoms with Crippen LogP contribution in [-0.2, 0) is 9.53 Å². The van der Waals surface area contributed by atoms with Crippen LogP contribution in [0.2, 0.25) is 0 Å². The van der Waals surface area contributed by atoms with Gasteiger partial charge in [-0.15, -0.1) is 9.24 Å². The second-order valence-electron chi connectivity index (χ2n) is 8.25. The number of ether oxygens (including phenoxy) is 1. The van der Waals surface area contributed by atoms with Crippen LogP contribution < -0.4 is 0 Å². The Bertz CT molecular complexity index is 317. The third-order valence-electron chi connectivity index (χ3n) is 5.93. The minimum Gasteiger partial charge on any atom is -0.461 e. The SMILES string of the molecule is CC(C)P.CCC(CCC1CCCCC1)(OC=O)C1CCCCC1. The van der Waals surface area contributed by atoms with Crippen LogP contribution in [0.5, 0.6) is 0 Å². The van der Waals surface area contributed by atoms with Crippen LogP contribution in [0, 0.1) is 11.8 Å². The van der Waals surface area contributed by atoms with Gasteiger partial charge in [-0.05, 0) is 49.6 Å². The molecule has 2 saturated carbocycles. The van der Waals surface area contributed by atoms with E-state index in [1.54, 1.807) is 0 Å². The standard InChI is InChI=1S/C18H32O2.C3H9P/c1-2-18(20-15-19,17-11-7-4-8-12-17)14-13-16-9-5-3-6-10-16;1-3(2)4/h15-17H,2-14H2,1H3;3H,4H2,1-2H3. The third kappa shape index (κ3) is 7.85. The van der Waals surface area contributed by atoms with E-state index < -0.39 is 0 Å². The van der Waals surface area contributed by atoms with E-state index in [-0.39, 0.29) is 5.60 Å². The van der Waals surface area contributed by atoms with Crippen molar-refractivity contribution in [3.05, 3.63) is 0 Å². The molecule has 0 heterocycles. The van der Waals surface area contributed by atoms with Crippen molar-refractivity contribution in [2.45, 2.75) is 116 Å². The lowest BCUT2D eigenvalue weighted by Crippen LogP contribution is -2.41. The number of hydrogen-bond donors (Lipinski definition) is 0. The Hall–Kier alpha value is -0.100. The van der Waals surface area contributed by atoms with Gasteiger partial charge in [-0.2, -0.15) is 0 Å². The maximum Gasteiger partial charge on any atom is 0.293 e. The topological polar surface area (TPSA) is 26.3 Å². The first-order valence-corrected chi connectivity index (χ1v) is 11.1. The first-order chi connectivity index (χ1) is 11.5. The molecule has 0 bridgehead atoms. The van der Waals surface area contributed by atoms with Crippen molar-refractivity contribution in [1.29, 1.82) is 0 Å². The van der Waals surface area contributed by atoms with Gasteiger partial charge in [-0.25, -0.2) is 0 Å². The molecule has 0 aromatic rings. The van der Waals surface area contributed by atoms with Gasteiger partial charge < -0.3 is 4.74 Å². The van der Waals surface area contributed by atoms with E-state index in [1.165, 1.54) is 70.6 Å². The summed E-state index contributed by atoms with van der Waals surface area (Å²) < 4.78 is 5.73. The highest BCUT2D eigenvalue weighted by atomic mass is 31.0. The van der Waals surface area contributed by atoms with Gasteiger partial charge in [0.05, 0.1) is 0 Å². The summed E-state index contributed by atoms with van der Waals surface area (Å²) in [6, 6.07) is 0. The Kier molecular flexibility index (Phi) is 11.2. The van der Waals surface area contributed by atoms with Gasteiger partial charge >= 0.3 is 0 Å². The van der Waals surface area contributed by atoms with E-state index in [0.29, 0.717) is 5.92 Å². The van der Waals surface area contributed by atoms with Crippen molar-refractivity contribution in [3.63, 3.8) is 0 Å². The molecule has 0 amide bonds. The highest BCUT2D eigenvalue weighted by Crippen LogP contribution is 2.41. The van der Waals surface area contributed by atoms with E-state index in [1.807, 2.05) is 0 Å². The summed E-state index contributed by atoms with van der Waals surface area (Å²) in [6.45, 7) is 7.19. The number of carbonyl (C=O) groups is 1. The summed E-state index contributed by atoms with van der Waals surface area (Å²) in [6.07, 6.45) is 16.9. The molecule has 3 heteroatoms. The molecule has 2 fully saturated rings. The Morgan fingerprint density at radius 3 is 2.00 bits per heavy atom. The summed E-state index contributed by atoms with van der Waals surface area (Å²) in [5, 5.41) is 0. The van der Waals surface area contributed by atoms with Gasteiger partial charge in [0.1, 0.15) is 5.60 Å². The molecule has 2 nitrogen and oxygen atoms in total. The van der Waals surface area contributed by atoms with Crippen LogP contribution in [0.15, 0.2) is 0 Å². The van der Waals surface area contributed by atoms with Crippen molar-refractivity contribution in [2.75, 3.05) is 0 Å². The van der Waals surface area contributed by atoms with E-state index in [2.05, 4.69) is 30.0 Å². The molecule has 2 unspecified atom stereocenters. The van der Waals surface area contributed by atoms with E-state index in [4.69, 9.17) is 4.74 Å². The first-order valence-electron chi connectivity index (χ1n) is 10.4. The molecule has 2 atom stereocenters. The summed E-state index contributed by atoms with van der Waals surface area (Å²) in [5.74, 6) is 1.49. The molecule has 2 aliphatic rings. The Labute approximate surface area is 153 Å². The normalized spacial score (nSPS) is 22.4. The average molecular weight is 357 g/mol. The van der Waals surface area contributed by atoms with E-state index >= 15 is 0 Å². The fraction of sp³-hybridized carbons (Fsp3) is 0.952. The molecule has 0 N–H and O–H groups in total. The van der Waals surface area contributed by atoms with Crippen molar-refractivity contribution in [2.24, 2.45) is 11.8 Å². The highest BCUT2D eigenvalue weighted by molar-refractivity contribution is 7.17. The molecule has 0 spiro atoms. The van der Waals surface area contributed by atoms with Gasteiger partial charge in [0.15, 0.2) is 0 Å². The van der Waals surface area contributed by atoms with Gasteiger partial charge in [0.2, 0.25) is 0 Å². The smallest absolute Gasteiger partial charge is 0.293 e. The zero-order valence-corrected chi connectivity index (χ0v) is 17.6. The third-order valence-corrected chi connectivity index (χ3v) is 5.93. The van der Waals surface area contributed by atoms with Crippen molar-refractivity contribution < 1.29 is 9.53 Å². The zero-order valence-electron chi connectivity index (χ0n) is 16.4. The van der Waals surface area contributed by atoms with Crippen LogP contribution in [0.25, 0.3) is 0 Å². The fourth-order valence-corrected chi connectivity index (χ4v) is 4.56. The lowest BCUT2D eigenvalue weighted by atomic mass is 9.71. The second-order valence-corrected chi connectivity index (χ2v) is 9.59. The minimum atomic E-state index is -0.153. The summed E-state index contributed by atoms with van der Waals surface area (Å²) in [5.41, 5.74) is 0.597. The Balaban J connectivity index is 0.000000648. The van der Waals surface area contributed by atoms with E-state index in [9.17, 15) is 4.79 Å². The van der Waals surface area contributed by atoms with Gasteiger partial charge in [0.25, 0.3) is 6.47 Å². The molecule has 2 aliphatic carbocycles. The lowest BCUT2D eigenvalue weighted by molar-refractivity contribution is -0.154. The molecular formula is C21H41O2P. The second kappa shape index (κ2) is 12.3. The van der Waals surface area contributed by atoms with Gasteiger partial charge in [0, 0.05) is 0 Å². The van der Waals surface area contributed by atoms with Crippen molar-refractivity contribution >= 4 is 15.7 Å². The summed E-state index contributed by atoms with van der Waals surface area (Å²) in [7, 11) is 2.66. The predicted molar refractivity (Wildman–Crippen MR) is 107 cm³/mol. The van der Waals surface area contributed by atoms with E-state index in [0.717, 1.165) is 30.9 Å². The van der Waals surface area contributed by atoms with Crippen molar-refractivity contribution in [3.8, 4) is 0 Å². The highest BCUT2D eigenvalue weighted by Gasteiger charge is 2.39. The maximum absolute atomic E-state index is 11.1. The largest absolute Gasteiger partial charge is 0.461 e. The maximum atomic E-state index is 11.1. The lowest BCUT2D eigenvalue weighted by Gasteiger charge is -2.41. The zero-order chi connectivity index (χ0) is 17.8. The molecule has 0 aromatic carbocycles. The fourth-order valence-electron chi connectivity index (χ4n) is 4.56. The van der Waals surface area contributed by atoms with Crippen LogP contribution in [0.1, 0.15) is 104 Å². The number of carbonyl (C=O) groups excluding carboxylic acids is 1. The van der Waals surface area contributed by atoms with Crippen LogP contribution in [0.3, 0.4) is 0 Å². The molecule has 142 valence electrons. The minimum absolute atomic E-state index is 0.153. The number of rotatable bonds is 7. The monoisotopic (exact) mass is 356 g/mol. The Morgan fingerprint density at radius 2 is 1.54 bits per heavy atom. The van der Waals surface area contributed by atoms with Gasteiger partial charge in [-0.3, -0.25) is 4.79 Å². The summed E-state index contributed by atoms with van der Waals surface area (Å²) >= 11 is 0. The summed E-state index contributed by atoms with van der Waals surface area (Å²) in [4.78, 5) is 11.1. The van der Waals surface area contributed by atoms with Crippen molar-refractivity contribution in [1.82, 2.24) is 0 Å². The molecule has 0 aromatic heterocycles. The molecule has 24 heavy (non-hydrogen) atoms. The molecule has 2 rings (SSSR count). The molecule has 0 radical (unpaired) electrons. The van der Waals surface area contributed by atoms with Crippen LogP contribution in [-0.4, -0.2) is 17.7 Å². The molecule has 0 saturated heterocycles. The average Bonchev–Trinajstić information content (AvgIpc) is 2.60. The molecular weight excluding hydrogens is 315 g/mol. The number of hydrogen-bond acceptors (Lipinski definition) is 2. The Morgan fingerprint density at radius 1 is 1.04 bits per heavy atom. The predicted octanol–water partition coefficient (Wildman–Crippen LogP) is 6.52.